The van der Waals surface area contributed by atoms with Crippen LogP contribution in [0.2, 0.25) is 0 Å². The molecule has 218 valence electrons. The van der Waals surface area contributed by atoms with E-state index >= 15 is 0 Å². The number of nitrogens with one attached hydrogen (secondary N) is 2. The number of fused-ring (bicyclic) bond motifs is 1. The van der Waals surface area contributed by atoms with Crippen molar-refractivity contribution in [1.82, 2.24) is 29.2 Å². The van der Waals surface area contributed by atoms with Gasteiger partial charge in [0.05, 0.1) is 31.3 Å². The van der Waals surface area contributed by atoms with Crippen LogP contribution in [0.5, 0.6) is 5.88 Å². The van der Waals surface area contributed by atoms with Crippen LogP contribution >= 0.6 is 0 Å². The van der Waals surface area contributed by atoms with E-state index in [1.807, 2.05) is 4.90 Å². The van der Waals surface area contributed by atoms with Crippen LogP contribution in [-0.4, -0.2) is 75.0 Å². The molecule has 1 aliphatic rings. The number of anilines is 2. The van der Waals surface area contributed by atoms with Gasteiger partial charge in [0.25, 0.3) is 0 Å². The number of nitrogens with zero attached hydrogens (tertiary/aromatic N) is 6. The van der Waals surface area contributed by atoms with Crippen molar-refractivity contribution < 1.29 is 22.7 Å². The van der Waals surface area contributed by atoms with Crippen LogP contribution in [0.25, 0.3) is 5.65 Å². The van der Waals surface area contributed by atoms with Crippen LogP contribution in [0.15, 0.2) is 55.1 Å². The zero-order valence-corrected chi connectivity index (χ0v) is 23.1. The largest absolute Gasteiger partial charge is 0.480 e. The molecule has 0 radical (unpaired) electrons. The molecular weight excluding hydrogens is 549 g/mol. The number of alkyl halides is 3. The van der Waals surface area contributed by atoms with E-state index in [0.29, 0.717) is 35.9 Å². The number of rotatable bonds is 6. The number of imidazole rings is 1. The molecule has 10 nitrogen and oxygen atoms in total. The lowest BCUT2D eigenvalue weighted by Gasteiger charge is -2.34. The third-order valence-corrected chi connectivity index (χ3v) is 6.90. The quantitative estimate of drug-likeness (QED) is 0.329. The molecule has 1 fully saturated rings. The molecule has 2 amide bonds. The minimum Gasteiger partial charge on any atom is -0.480 e. The highest BCUT2D eigenvalue weighted by atomic mass is 19.4. The van der Waals surface area contributed by atoms with Gasteiger partial charge in [-0.2, -0.15) is 13.2 Å². The van der Waals surface area contributed by atoms with E-state index in [2.05, 4.69) is 49.3 Å². The van der Waals surface area contributed by atoms with E-state index in [1.165, 1.54) is 25.4 Å². The molecule has 3 aromatic heterocycles. The number of halogens is 3. The number of amides is 2. The number of urea groups is 1. The van der Waals surface area contributed by atoms with Crippen molar-refractivity contribution in [3.05, 3.63) is 77.5 Å². The van der Waals surface area contributed by atoms with E-state index in [-0.39, 0.29) is 23.6 Å². The van der Waals surface area contributed by atoms with Gasteiger partial charge in [-0.3, -0.25) is 14.6 Å². The number of hydrogen-bond donors (Lipinski definition) is 2. The number of pyridine rings is 1. The predicted octanol–water partition coefficient (Wildman–Crippen LogP) is 4.33. The first-order valence-electron chi connectivity index (χ1n) is 13.3. The third-order valence-electron chi connectivity index (χ3n) is 6.90. The van der Waals surface area contributed by atoms with Crippen molar-refractivity contribution in [2.24, 2.45) is 0 Å². The van der Waals surface area contributed by atoms with Gasteiger partial charge in [-0.15, -0.1) is 0 Å². The molecule has 1 aliphatic heterocycles. The molecule has 0 unspecified atom stereocenters. The monoisotopic (exact) mass is 578 g/mol. The van der Waals surface area contributed by atoms with Gasteiger partial charge in [0, 0.05) is 50.2 Å². The van der Waals surface area contributed by atoms with Crippen molar-refractivity contribution in [2.45, 2.75) is 19.6 Å². The van der Waals surface area contributed by atoms with Gasteiger partial charge < -0.3 is 15.0 Å². The summed E-state index contributed by atoms with van der Waals surface area (Å²) in [7, 11) is 1.51. The second-order valence-electron chi connectivity index (χ2n) is 9.64. The Hall–Kier alpha value is -4.67. The molecule has 2 N–H and O–H groups in total. The number of methoxy groups -OCH3 is 1. The predicted molar refractivity (Wildman–Crippen MR) is 151 cm³/mol. The smallest absolute Gasteiger partial charge is 0.416 e. The van der Waals surface area contributed by atoms with Crippen molar-refractivity contribution in [1.29, 1.82) is 0 Å². The Balaban J connectivity index is 1.25. The molecule has 4 aromatic rings. The Morgan fingerprint density at radius 1 is 1.00 bits per heavy atom. The Bertz CT molecular complexity index is 1640. The number of piperazine rings is 1. The summed E-state index contributed by atoms with van der Waals surface area (Å²) in [6.07, 6.45) is 1.74. The molecule has 0 atom stereocenters. The molecule has 1 aromatic carbocycles. The summed E-state index contributed by atoms with van der Waals surface area (Å²) in [6.45, 7) is 6.24. The Morgan fingerprint density at radius 3 is 2.52 bits per heavy atom. The van der Waals surface area contributed by atoms with Gasteiger partial charge in [-0.05, 0) is 42.3 Å². The van der Waals surface area contributed by atoms with E-state index in [4.69, 9.17) is 4.74 Å². The molecule has 1 saturated heterocycles. The van der Waals surface area contributed by atoms with Crippen molar-refractivity contribution in [3.63, 3.8) is 0 Å². The van der Waals surface area contributed by atoms with Crippen LogP contribution in [0.4, 0.5) is 29.5 Å². The zero-order valence-electron chi connectivity index (χ0n) is 23.1. The first kappa shape index (κ1) is 28.8. The lowest BCUT2D eigenvalue weighted by atomic mass is 10.0. The fourth-order valence-corrected chi connectivity index (χ4v) is 4.62. The highest BCUT2D eigenvalue weighted by molar-refractivity contribution is 5.99. The number of hydrogen-bond acceptors (Lipinski definition) is 7. The van der Waals surface area contributed by atoms with Gasteiger partial charge in [0.15, 0.2) is 5.65 Å². The molecule has 0 spiro atoms. The van der Waals surface area contributed by atoms with Crippen molar-refractivity contribution in [2.75, 3.05) is 50.5 Å². The Labute approximate surface area is 240 Å². The minimum atomic E-state index is -4.56. The maximum Gasteiger partial charge on any atom is 0.416 e. The topological polar surface area (TPSA) is 99.9 Å². The Kier molecular flexibility index (Phi) is 8.56. The maximum atomic E-state index is 13.9. The van der Waals surface area contributed by atoms with Gasteiger partial charge in [0.2, 0.25) is 5.88 Å². The van der Waals surface area contributed by atoms with Gasteiger partial charge in [-0.25, -0.2) is 19.7 Å². The fourth-order valence-electron chi connectivity index (χ4n) is 4.62. The van der Waals surface area contributed by atoms with Crippen LogP contribution in [0.3, 0.4) is 0 Å². The first-order valence-corrected chi connectivity index (χ1v) is 13.3. The summed E-state index contributed by atoms with van der Waals surface area (Å²) in [4.78, 5) is 29.4. The first-order chi connectivity index (χ1) is 20.2. The minimum absolute atomic E-state index is 0.0212. The molecule has 4 heterocycles. The Morgan fingerprint density at radius 2 is 1.79 bits per heavy atom. The number of likely N-dealkylation sites (N-methyl/N-ethyl adjacent to an activating group) is 1. The van der Waals surface area contributed by atoms with E-state index in [1.54, 1.807) is 35.1 Å². The molecular formula is C29H29F3N8O2. The SMILES string of the molecule is CCN1CCN(Cc2ccc(NC(=O)Nc3cc(C#Cc4cnc5cnc(OC)cn45)ccn3)cc2C(F)(F)F)CC1. The summed E-state index contributed by atoms with van der Waals surface area (Å²) in [5.41, 5.74) is 1.18. The maximum absolute atomic E-state index is 13.9. The number of carbonyl (C=O) groups excluding carboxylic acids is 1. The lowest BCUT2D eigenvalue weighted by molar-refractivity contribution is -0.138. The van der Waals surface area contributed by atoms with Gasteiger partial charge in [0.1, 0.15) is 11.5 Å². The zero-order chi connectivity index (χ0) is 29.7. The second kappa shape index (κ2) is 12.5. The normalized spacial score (nSPS) is 14.3. The van der Waals surface area contributed by atoms with Crippen molar-refractivity contribution in [3.8, 4) is 17.7 Å². The third kappa shape index (κ3) is 6.96. The summed E-state index contributed by atoms with van der Waals surface area (Å²) < 4.78 is 48.7. The number of aromatic nitrogens is 4. The van der Waals surface area contributed by atoms with Crippen LogP contribution in [0.1, 0.15) is 29.3 Å². The number of ether oxygens (including phenoxy) is 1. The fraction of sp³-hybridized carbons (Fsp3) is 0.310. The van der Waals surface area contributed by atoms with Crippen LogP contribution in [-0.2, 0) is 12.7 Å². The number of carbonyl (C=O) groups is 1. The molecule has 0 bridgehead atoms. The van der Waals surface area contributed by atoms with Crippen LogP contribution in [0, 0.1) is 11.8 Å². The average Bonchev–Trinajstić information content (AvgIpc) is 3.39. The van der Waals surface area contributed by atoms with E-state index in [0.717, 1.165) is 25.7 Å². The molecule has 13 heteroatoms. The van der Waals surface area contributed by atoms with Crippen molar-refractivity contribution >= 4 is 23.2 Å². The van der Waals surface area contributed by atoms with Gasteiger partial charge in [-0.1, -0.05) is 18.9 Å². The van der Waals surface area contributed by atoms with Gasteiger partial charge >= 0.3 is 12.2 Å². The summed E-state index contributed by atoms with van der Waals surface area (Å²) in [5.74, 6) is 6.60. The molecule has 42 heavy (non-hydrogen) atoms. The standard InChI is InChI=1S/C29H29F3N8O2/c1-3-38-10-12-39(13-11-38)18-21-5-6-22(15-24(21)29(30,31)32)36-28(41)37-25-14-20(8-9-33-25)4-7-23-16-34-26-17-35-27(42-2)19-40(23)26/h5-6,8-9,14-17,19H,3,10-13,18H2,1-2H3,(H2,33,36,37,41). The average molecular weight is 579 g/mol. The molecule has 0 aliphatic carbocycles. The van der Waals surface area contributed by atoms with E-state index < -0.39 is 17.8 Å². The molecule has 5 rings (SSSR count). The summed E-state index contributed by atoms with van der Waals surface area (Å²) in [5, 5.41) is 5.03. The highest BCUT2D eigenvalue weighted by Crippen LogP contribution is 2.34. The molecule has 0 saturated carbocycles. The number of benzene rings is 1. The lowest BCUT2D eigenvalue weighted by Crippen LogP contribution is -2.45. The van der Waals surface area contributed by atoms with E-state index in [9.17, 15) is 18.0 Å². The summed E-state index contributed by atoms with van der Waals surface area (Å²) in [6, 6.07) is 6.35. The second-order valence-corrected chi connectivity index (χ2v) is 9.64. The summed E-state index contributed by atoms with van der Waals surface area (Å²) >= 11 is 0. The van der Waals surface area contributed by atoms with Crippen LogP contribution < -0.4 is 15.4 Å². The highest BCUT2D eigenvalue weighted by Gasteiger charge is 2.34.